The Morgan fingerprint density at radius 2 is 2.29 bits per heavy atom. The molecular formula is C11H15N3O2S. The van der Waals surface area contributed by atoms with Gasteiger partial charge < -0.3 is 10.2 Å². The van der Waals surface area contributed by atoms with E-state index in [1.807, 2.05) is 19.1 Å². The topological polar surface area (TPSA) is 62.3 Å². The van der Waals surface area contributed by atoms with Gasteiger partial charge in [0.05, 0.1) is 23.2 Å². The second-order valence-electron chi connectivity index (χ2n) is 4.67. The van der Waals surface area contributed by atoms with Crippen LogP contribution in [0, 0.1) is 6.92 Å². The van der Waals surface area contributed by atoms with E-state index >= 15 is 0 Å². The summed E-state index contributed by atoms with van der Waals surface area (Å²) in [5.41, 5.74) is 1.96. The van der Waals surface area contributed by atoms with Gasteiger partial charge >= 0.3 is 0 Å². The lowest BCUT2D eigenvalue weighted by atomic mass is 10.1. The molecule has 2 aliphatic heterocycles. The van der Waals surface area contributed by atoms with Gasteiger partial charge in [-0.25, -0.2) is 13.4 Å². The lowest BCUT2D eigenvalue weighted by Crippen LogP contribution is -2.54. The van der Waals surface area contributed by atoms with Crippen molar-refractivity contribution >= 4 is 21.3 Å². The number of sulfone groups is 1. The summed E-state index contributed by atoms with van der Waals surface area (Å²) in [4.78, 5) is 6.64. The number of hydrogen-bond donors (Lipinski definition) is 1. The molecule has 0 bridgehead atoms. The van der Waals surface area contributed by atoms with Crippen LogP contribution in [-0.4, -0.2) is 44.0 Å². The van der Waals surface area contributed by atoms with E-state index in [0.717, 1.165) is 17.2 Å². The van der Waals surface area contributed by atoms with Gasteiger partial charge in [0.1, 0.15) is 0 Å². The first-order valence-electron chi connectivity index (χ1n) is 5.74. The molecule has 0 aromatic carbocycles. The van der Waals surface area contributed by atoms with Gasteiger partial charge in [-0.05, 0) is 19.1 Å². The Hall–Kier alpha value is -1.30. The molecule has 0 amide bonds. The zero-order valence-electron chi connectivity index (χ0n) is 9.68. The van der Waals surface area contributed by atoms with Crippen molar-refractivity contribution in [2.75, 3.05) is 34.8 Å². The van der Waals surface area contributed by atoms with Crippen LogP contribution in [0.2, 0.25) is 0 Å². The van der Waals surface area contributed by atoms with E-state index in [2.05, 4.69) is 15.2 Å². The SMILES string of the molecule is Cc1ccc2c(n1)N1CCS(=O)(=O)CC1CN2. The smallest absolute Gasteiger partial charge is 0.154 e. The number of aryl methyl sites for hydroxylation is 1. The van der Waals surface area contributed by atoms with Crippen LogP contribution in [0.1, 0.15) is 5.69 Å². The van der Waals surface area contributed by atoms with Crippen molar-refractivity contribution in [1.29, 1.82) is 0 Å². The van der Waals surface area contributed by atoms with Gasteiger partial charge in [-0.15, -0.1) is 0 Å². The van der Waals surface area contributed by atoms with Crippen LogP contribution in [0.5, 0.6) is 0 Å². The molecule has 1 unspecified atom stereocenters. The van der Waals surface area contributed by atoms with Crippen LogP contribution >= 0.6 is 0 Å². The quantitative estimate of drug-likeness (QED) is 0.726. The van der Waals surface area contributed by atoms with Gasteiger partial charge in [0, 0.05) is 18.8 Å². The molecule has 1 saturated heterocycles. The number of pyridine rings is 1. The number of nitrogens with zero attached hydrogens (tertiary/aromatic N) is 2. The van der Waals surface area contributed by atoms with E-state index < -0.39 is 9.84 Å². The number of hydrogen-bond acceptors (Lipinski definition) is 5. The largest absolute Gasteiger partial charge is 0.380 e. The summed E-state index contributed by atoms with van der Waals surface area (Å²) in [6.45, 7) is 3.18. The van der Waals surface area contributed by atoms with Crippen LogP contribution < -0.4 is 10.2 Å². The van der Waals surface area contributed by atoms with Crippen molar-refractivity contribution < 1.29 is 8.42 Å². The normalized spacial score (nSPS) is 25.7. The summed E-state index contributed by atoms with van der Waals surface area (Å²) in [6, 6.07) is 4.00. The first kappa shape index (κ1) is 10.8. The van der Waals surface area contributed by atoms with Crippen LogP contribution in [0.15, 0.2) is 12.1 Å². The molecule has 1 fully saturated rings. The van der Waals surface area contributed by atoms with Gasteiger partial charge in [0.25, 0.3) is 0 Å². The molecule has 3 rings (SSSR count). The molecule has 0 aliphatic carbocycles. The third-order valence-corrected chi connectivity index (χ3v) is 5.04. The maximum atomic E-state index is 11.6. The Morgan fingerprint density at radius 3 is 3.12 bits per heavy atom. The first-order chi connectivity index (χ1) is 8.05. The number of nitrogens with one attached hydrogen (secondary N) is 1. The third kappa shape index (κ3) is 1.86. The van der Waals surface area contributed by atoms with Crippen molar-refractivity contribution in [2.45, 2.75) is 13.0 Å². The Bertz CT molecular complexity index is 556. The van der Waals surface area contributed by atoms with Crippen LogP contribution in [0.3, 0.4) is 0 Å². The summed E-state index contributed by atoms with van der Waals surface area (Å²) in [6.07, 6.45) is 0. The summed E-state index contributed by atoms with van der Waals surface area (Å²) < 4.78 is 23.2. The Labute approximate surface area is 101 Å². The predicted molar refractivity (Wildman–Crippen MR) is 67.3 cm³/mol. The molecule has 5 nitrogen and oxygen atoms in total. The molecule has 0 radical (unpaired) electrons. The average molecular weight is 253 g/mol. The first-order valence-corrected chi connectivity index (χ1v) is 7.56. The monoisotopic (exact) mass is 253 g/mol. The number of aromatic nitrogens is 1. The molecule has 2 aliphatic rings. The third-order valence-electron chi connectivity index (χ3n) is 3.34. The van der Waals surface area contributed by atoms with Crippen molar-refractivity contribution in [1.82, 2.24) is 4.98 Å². The highest BCUT2D eigenvalue weighted by Crippen LogP contribution is 2.31. The second kappa shape index (κ2) is 3.60. The van der Waals surface area contributed by atoms with Gasteiger partial charge in [-0.1, -0.05) is 0 Å². The summed E-state index contributed by atoms with van der Waals surface area (Å²) in [5, 5.41) is 3.26. The van der Waals surface area contributed by atoms with Crippen molar-refractivity contribution in [3.8, 4) is 0 Å². The molecule has 1 aromatic rings. The van der Waals surface area contributed by atoms with Gasteiger partial charge in [-0.3, -0.25) is 0 Å². The zero-order valence-corrected chi connectivity index (χ0v) is 10.5. The number of fused-ring (bicyclic) bond motifs is 3. The van der Waals surface area contributed by atoms with Crippen molar-refractivity contribution in [3.05, 3.63) is 17.8 Å². The van der Waals surface area contributed by atoms with Gasteiger partial charge in [0.2, 0.25) is 0 Å². The lowest BCUT2D eigenvalue weighted by Gasteiger charge is -2.41. The second-order valence-corrected chi connectivity index (χ2v) is 6.90. The van der Waals surface area contributed by atoms with Crippen LogP contribution in [0.4, 0.5) is 11.5 Å². The van der Waals surface area contributed by atoms with Gasteiger partial charge in [-0.2, -0.15) is 0 Å². The van der Waals surface area contributed by atoms with Crippen molar-refractivity contribution in [2.24, 2.45) is 0 Å². The molecule has 6 heteroatoms. The summed E-state index contributed by atoms with van der Waals surface area (Å²) in [5.74, 6) is 1.37. The zero-order chi connectivity index (χ0) is 12.0. The molecule has 92 valence electrons. The standard InChI is InChI=1S/C11H15N3O2S/c1-8-2-3-10-11(13-8)14-4-5-17(15,16)7-9(14)6-12-10/h2-3,9,12H,4-7H2,1H3. The minimum absolute atomic E-state index is 0.0237. The highest BCUT2D eigenvalue weighted by atomic mass is 32.2. The highest BCUT2D eigenvalue weighted by Gasteiger charge is 2.35. The predicted octanol–water partition coefficient (Wildman–Crippen LogP) is 0.419. The molecular weight excluding hydrogens is 238 g/mol. The summed E-state index contributed by atoms with van der Waals surface area (Å²) >= 11 is 0. The van der Waals surface area contributed by atoms with E-state index in [4.69, 9.17) is 0 Å². The van der Waals surface area contributed by atoms with E-state index in [9.17, 15) is 8.42 Å². The van der Waals surface area contributed by atoms with E-state index in [1.54, 1.807) is 0 Å². The van der Waals surface area contributed by atoms with E-state index in [-0.39, 0.29) is 17.5 Å². The van der Waals surface area contributed by atoms with Crippen LogP contribution in [-0.2, 0) is 9.84 Å². The molecule has 0 spiro atoms. The van der Waals surface area contributed by atoms with Crippen LogP contribution in [0.25, 0.3) is 0 Å². The Kier molecular flexibility index (Phi) is 2.29. The fourth-order valence-corrected chi connectivity index (χ4v) is 3.99. The van der Waals surface area contributed by atoms with Gasteiger partial charge in [0.15, 0.2) is 15.7 Å². The Balaban J connectivity index is 2.00. The number of rotatable bonds is 0. The Morgan fingerprint density at radius 1 is 1.47 bits per heavy atom. The highest BCUT2D eigenvalue weighted by molar-refractivity contribution is 7.91. The lowest BCUT2D eigenvalue weighted by molar-refractivity contribution is 0.557. The minimum Gasteiger partial charge on any atom is -0.380 e. The average Bonchev–Trinajstić information content (AvgIpc) is 2.27. The summed E-state index contributed by atoms with van der Waals surface area (Å²) in [7, 11) is -2.88. The fraction of sp³-hybridized carbons (Fsp3) is 0.545. The molecule has 1 aromatic heterocycles. The van der Waals surface area contributed by atoms with Crippen molar-refractivity contribution in [3.63, 3.8) is 0 Å². The van der Waals surface area contributed by atoms with E-state index in [1.165, 1.54) is 0 Å². The van der Waals surface area contributed by atoms with E-state index in [0.29, 0.717) is 13.1 Å². The number of anilines is 2. The molecule has 3 heterocycles. The fourth-order valence-electron chi connectivity index (χ4n) is 2.46. The minimum atomic E-state index is -2.88. The molecule has 1 N–H and O–H groups in total. The molecule has 17 heavy (non-hydrogen) atoms. The maximum absolute atomic E-state index is 11.6. The molecule has 1 atom stereocenters. The molecule has 0 saturated carbocycles. The maximum Gasteiger partial charge on any atom is 0.154 e.